The molecule has 0 bridgehead atoms. The zero-order valence-corrected chi connectivity index (χ0v) is 14.8. The molecule has 142 valence electrons. The van der Waals surface area contributed by atoms with Gasteiger partial charge in [-0.15, -0.1) is 0 Å². The summed E-state index contributed by atoms with van der Waals surface area (Å²) in [7, 11) is 0. The second kappa shape index (κ2) is 8.67. The van der Waals surface area contributed by atoms with Crippen molar-refractivity contribution in [1.29, 1.82) is 0 Å². The van der Waals surface area contributed by atoms with Gasteiger partial charge in [0, 0.05) is 43.1 Å². The van der Waals surface area contributed by atoms with Gasteiger partial charge in [0.15, 0.2) is 0 Å². The topological polar surface area (TPSA) is 120 Å². The normalized spacial score (nSPS) is 10.4. The largest absolute Gasteiger partial charge is 0.320 e. The van der Waals surface area contributed by atoms with Gasteiger partial charge in [-0.05, 0) is 30.7 Å². The highest BCUT2D eigenvalue weighted by atomic mass is 16.6. The number of carbonyl (C=O) groups excluding carboxylic acids is 1. The molecule has 0 spiro atoms. The lowest BCUT2D eigenvalue weighted by Gasteiger charge is -2.08. The van der Waals surface area contributed by atoms with E-state index in [1.165, 1.54) is 28.9 Å². The standard InChI is InChI=1S/C19H17N5O4/c25-18(21-16-4-1-2-5-17(16)24(27)28)6-3-13-23-19(26)8-7-15(22-23)14-9-11-20-12-10-14/h1-2,4-5,7-12H,3,6,13H2,(H,21,25). The van der Waals surface area contributed by atoms with Gasteiger partial charge in [0.05, 0.1) is 10.6 Å². The lowest BCUT2D eigenvalue weighted by molar-refractivity contribution is -0.383. The molecule has 0 aliphatic carbocycles. The maximum Gasteiger partial charge on any atom is 0.292 e. The minimum atomic E-state index is -0.552. The van der Waals surface area contributed by atoms with Crippen LogP contribution in [0.4, 0.5) is 11.4 Å². The van der Waals surface area contributed by atoms with E-state index in [-0.39, 0.29) is 35.8 Å². The van der Waals surface area contributed by atoms with Crippen LogP contribution < -0.4 is 10.9 Å². The van der Waals surface area contributed by atoms with Gasteiger partial charge in [-0.3, -0.25) is 24.7 Å². The van der Waals surface area contributed by atoms with Crippen molar-refractivity contribution in [3.05, 3.63) is 81.4 Å². The number of anilines is 1. The van der Waals surface area contributed by atoms with Crippen LogP contribution in [0.15, 0.2) is 65.7 Å². The van der Waals surface area contributed by atoms with Gasteiger partial charge < -0.3 is 5.32 Å². The summed E-state index contributed by atoms with van der Waals surface area (Å²) in [5.74, 6) is -0.368. The molecule has 1 N–H and O–H groups in total. The highest BCUT2D eigenvalue weighted by Crippen LogP contribution is 2.23. The quantitative estimate of drug-likeness (QED) is 0.498. The summed E-state index contributed by atoms with van der Waals surface area (Å²) >= 11 is 0. The predicted octanol–water partition coefficient (Wildman–Crippen LogP) is 2.63. The maximum atomic E-state index is 12.1. The van der Waals surface area contributed by atoms with E-state index in [1.54, 1.807) is 36.7 Å². The number of nitro benzene ring substituents is 1. The number of rotatable bonds is 7. The number of carbonyl (C=O) groups is 1. The van der Waals surface area contributed by atoms with E-state index >= 15 is 0 Å². The zero-order chi connectivity index (χ0) is 19.9. The molecule has 2 heterocycles. The molecule has 0 aliphatic heterocycles. The van der Waals surface area contributed by atoms with Gasteiger partial charge in [0.2, 0.25) is 5.91 Å². The van der Waals surface area contributed by atoms with Crippen molar-refractivity contribution < 1.29 is 9.72 Å². The maximum absolute atomic E-state index is 12.1. The van der Waals surface area contributed by atoms with Crippen molar-refractivity contribution in [2.24, 2.45) is 0 Å². The summed E-state index contributed by atoms with van der Waals surface area (Å²) in [6.07, 6.45) is 3.73. The Labute approximate surface area is 159 Å². The molecule has 1 amide bonds. The van der Waals surface area contributed by atoms with E-state index in [2.05, 4.69) is 15.4 Å². The molecule has 0 fully saturated rings. The smallest absolute Gasteiger partial charge is 0.292 e. The Bertz CT molecular complexity index is 1050. The van der Waals surface area contributed by atoms with E-state index in [9.17, 15) is 19.7 Å². The van der Waals surface area contributed by atoms with Crippen LogP contribution in [0.1, 0.15) is 12.8 Å². The first-order valence-corrected chi connectivity index (χ1v) is 8.56. The molecular formula is C19H17N5O4. The van der Waals surface area contributed by atoms with E-state index in [0.29, 0.717) is 12.1 Å². The number of aromatic nitrogens is 3. The highest BCUT2D eigenvalue weighted by Gasteiger charge is 2.14. The molecule has 0 radical (unpaired) electrons. The summed E-state index contributed by atoms with van der Waals surface area (Å²) in [5.41, 5.74) is 1.17. The third kappa shape index (κ3) is 4.64. The number of nitrogens with one attached hydrogen (secondary N) is 1. The molecule has 3 rings (SSSR count). The first-order valence-electron chi connectivity index (χ1n) is 8.56. The number of nitrogens with zero attached hydrogens (tertiary/aromatic N) is 4. The summed E-state index contributed by atoms with van der Waals surface area (Å²) in [6.45, 7) is 0.252. The Morgan fingerprint density at radius 1 is 1.11 bits per heavy atom. The molecule has 28 heavy (non-hydrogen) atoms. The molecule has 9 heteroatoms. The van der Waals surface area contributed by atoms with Gasteiger partial charge in [-0.2, -0.15) is 5.10 Å². The molecule has 1 aromatic carbocycles. The lowest BCUT2D eigenvalue weighted by atomic mass is 10.2. The number of hydrogen-bond acceptors (Lipinski definition) is 6. The summed E-state index contributed by atoms with van der Waals surface area (Å²) < 4.78 is 1.30. The number of aryl methyl sites for hydroxylation is 1. The Balaban J connectivity index is 1.62. The van der Waals surface area contributed by atoms with Crippen molar-refractivity contribution in [1.82, 2.24) is 14.8 Å². The Hall–Kier alpha value is -3.88. The number of nitro groups is 1. The molecule has 0 unspecified atom stereocenters. The minimum absolute atomic E-state index is 0.0969. The molecule has 2 aromatic heterocycles. The van der Waals surface area contributed by atoms with Crippen molar-refractivity contribution in [3.8, 4) is 11.3 Å². The summed E-state index contributed by atoms with van der Waals surface area (Å²) in [5, 5.41) is 17.8. The first-order chi connectivity index (χ1) is 13.5. The SMILES string of the molecule is O=C(CCCn1nc(-c2ccncc2)ccc1=O)Nc1ccccc1[N+](=O)[O-]. The Kier molecular flexibility index (Phi) is 5.85. The summed E-state index contributed by atoms with van der Waals surface area (Å²) in [4.78, 5) is 38.5. The van der Waals surface area contributed by atoms with Gasteiger partial charge in [0.25, 0.3) is 11.2 Å². The van der Waals surface area contributed by atoms with Crippen LogP contribution in [0.2, 0.25) is 0 Å². The fourth-order valence-corrected chi connectivity index (χ4v) is 2.63. The van der Waals surface area contributed by atoms with E-state index in [0.717, 1.165) is 5.56 Å². The van der Waals surface area contributed by atoms with Crippen molar-refractivity contribution in [2.75, 3.05) is 5.32 Å². The molecule has 0 aliphatic rings. The van der Waals surface area contributed by atoms with Crippen LogP contribution in [-0.2, 0) is 11.3 Å². The van der Waals surface area contributed by atoms with Gasteiger partial charge >= 0.3 is 0 Å². The van der Waals surface area contributed by atoms with Crippen LogP contribution in [0.5, 0.6) is 0 Å². The molecule has 3 aromatic rings. The number of amides is 1. The average Bonchev–Trinajstić information content (AvgIpc) is 2.70. The van der Waals surface area contributed by atoms with Crippen LogP contribution in [0, 0.1) is 10.1 Å². The number of hydrogen-bond donors (Lipinski definition) is 1. The number of pyridine rings is 1. The van der Waals surface area contributed by atoms with Gasteiger partial charge in [0.1, 0.15) is 5.69 Å². The predicted molar refractivity (Wildman–Crippen MR) is 103 cm³/mol. The Morgan fingerprint density at radius 3 is 2.61 bits per heavy atom. The van der Waals surface area contributed by atoms with Crippen LogP contribution in [0.25, 0.3) is 11.3 Å². The van der Waals surface area contributed by atoms with Crippen molar-refractivity contribution >= 4 is 17.3 Å². The third-order valence-electron chi connectivity index (χ3n) is 3.99. The molecule has 0 atom stereocenters. The zero-order valence-electron chi connectivity index (χ0n) is 14.8. The average molecular weight is 379 g/mol. The molecule has 0 saturated heterocycles. The van der Waals surface area contributed by atoms with E-state index in [4.69, 9.17) is 0 Å². The molecular weight excluding hydrogens is 362 g/mol. The van der Waals surface area contributed by atoms with Gasteiger partial charge in [-0.1, -0.05) is 12.1 Å². The third-order valence-corrected chi connectivity index (χ3v) is 3.99. The highest BCUT2D eigenvalue weighted by molar-refractivity contribution is 5.92. The Morgan fingerprint density at radius 2 is 1.86 bits per heavy atom. The van der Waals surface area contributed by atoms with Crippen molar-refractivity contribution in [3.63, 3.8) is 0 Å². The summed E-state index contributed by atoms with van der Waals surface area (Å²) in [6, 6.07) is 12.6. The lowest BCUT2D eigenvalue weighted by Crippen LogP contribution is -2.23. The van der Waals surface area contributed by atoms with Crippen LogP contribution in [-0.4, -0.2) is 25.6 Å². The second-order valence-corrected chi connectivity index (χ2v) is 5.94. The van der Waals surface area contributed by atoms with Crippen LogP contribution >= 0.6 is 0 Å². The molecule has 0 saturated carbocycles. The second-order valence-electron chi connectivity index (χ2n) is 5.94. The fourth-order valence-electron chi connectivity index (χ4n) is 2.63. The van der Waals surface area contributed by atoms with Gasteiger partial charge in [-0.25, -0.2) is 4.68 Å². The van der Waals surface area contributed by atoms with E-state index < -0.39 is 4.92 Å². The van der Waals surface area contributed by atoms with E-state index in [1.807, 2.05) is 0 Å². The monoisotopic (exact) mass is 379 g/mol. The molecule has 9 nitrogen and oxygen atoms in total. The first kappa shape index (κ1) is 18.9. The van der Waals surface area contributed by atoms with Crippen molar-refractivity contribution in [2.45, 2.75) is 19.4 Å². The number of benzene rings is 1. The number of para-hydroxylation sites is 2. The minimum Gasteiger partial charge on any atom is -0.320 e. The van der Waals surface area contributed by atoms with Crippen LogP contribution in [0.3, 0.4) is 0 Å². The fraction of sp³-hybridized carbons (Fsp3) is 0.158.